The molecule has 0 heterocycles. The van der Waals surface area contributed by atoms with Crippen molar-refractivity contribution in [3.63, 3.8) is 0 Å². The molecule has 0 saturated carbocycles. The zero-order chi connectivity index (χ0) is 25.1. The number of nitrogen functional groups attached to an aromatic ring is 1. The topological polar surface area (TPSA) is 72.5 Å². The number of carbonyl (C=O) groups is 1. The van der Waals surface area contributed by atoms with E-state index in [-0.39, 0.29) is 13.2 Å². The Bertz CT molecular complexity index is 832. The molecule has 0 saturated heterocycles. The van der Waals surface area contributed by atoms with Crippen LogP contribution in [-0.4, -0.2) is 11.1 Å². The van der Waals surface area contributed by atoms with Crippen LogP contribution in [0.3, 0.4) is 0 Å². The minimum absolute atomic E-state index is 0. The van der Waals surface area contributed by atoms with E-state index >= 15 is 0 Å². The van der Waals surface area contributed by atoms with Crippen LogP contribution in [0.15, 0.2) is 42.5 Å². The summed E-state index contributed by atoms with van der Waals surface area (Å²) in [4.78, 5) is 12.2. The zero-order valence-electron chi connectivity index (χ0n) is 21.9. The molecule has 2 aromatic carbocycles. The van der Waals surface area contributed by atoms with Crippen molar-refractivity contribution >= 4 is 11.7 Å². The molecule has 3 N–H and O–H groups in total. The Labute approximate surface area is 220 Å². The summed E-state index contributed by atoms with van der Waals surface area (Å²) < 4.78 is 5.42. The first kappa shape index (κ1) is 31.5. The number of aromatic hydroxyl groups is 1. The molecule has 0 fully saturated rings. The molecule has 2 rings (SSSR count). The van der Waals surface area contributed by atoms with E-state index in [2.05, 4.69) is 6.92 Å². The number of anilines is 1. The summed E-state index contributed by atoms with van der Waals surface area (Å²) >= 11 is 0. The smallest absolute Gasteiger partial charge is 0.343 e. The maximum Gasteiger partial charge on any atom is 0.343 e. The highest BCUT2D eigenvalue weighted by molar-refractivity contribution is 5.91. The third-order valence-electron chi connectivity index (χ3n) is 6.70. The first-order valence-corrected chi connectivity index (χ1v) is 14.0. The third kappa shape index (κ3) is 13.6. The first-order valence-electron chi connectivity index (χ1n) is 14.0. The monoisotopic (exact) mass is 497 g/mol. The minimum atomic E-state index is -0.484. The van der Waals surface area contributed by atoms with Gasteiger partial charge in [0.2, 0.25) is 0 Å². The van der Waals surface area contributed by atoms with Gasteiger partial charge in [0.05, 0.1) is 11.3 Å². The molecule has 4 nitrogen and oxygen atoms in total. The zero-order valence-corrected chi connectivity index (χ0v) is 21.9. The van der Waals surface area contributed by atoms with Crippen molar-refractivity contribution < 1.29 is 14.6 Å². The van der Waals surface area contributed by atoms with Crippen molar-refractivity contribution in [3.05, 3.63) is 53.6 Å². The summed E-state index contributed by atoms with van der Waals surface area (Å²) in [6, 6.07) is 11.6. The van der Waals surface area contributed by atoms with Crippen LogP contribution in [0.4, 0.5) is 5.69 Å². The lowest BCUT2D eigenvalue weighted by Gasteiger charge is -2.09. The summed E-state index contributed by atoms with van der Waals surface area (Å²) in [6.45, 7) is 2.28. The molecule has 0 amide bonds. The Morgan fingerprint density at radius 1 is 0.722 bits per heavy atom. The van der Waals surface area contributed by atoms with Gasteiger partial charge < -0.3 is 15.6 Å². The van der Waals surface area contributed by atoms with Gasteiger partial charge in [-0.05, 0) is 54.8 Å². The van der Waals surface area contributed by atoms with E-state index in [1.807, 2.05) is 12.1 Å². The van der Waals surface area contributed by atoms with Crippen molar-refractivity contribution in [1.82, 2.24) is 0 Å². The quantitative estimate of drug-likeness (QED) is 0.0876. The number of unbranched alkanes of at least 4 members (excludes halogenated alkanes) is 15. The summed E-state index contributed by atoms with van der Waals surface area (Å²) in [5.74, 6) is 0.000513. The highest BCUT2D eigenvalue weighted by atomic mass is 16.5. The molecule has 36 heavy (non-hydrogen) atoms. The number of rotatable bonds is 19. The van der Waals surface area contributed by atoms with Crippen LogP contribution < -0.4 is 10.5 Å². The van der Waals surface area contributed by atoms with E-state index in [1.165, 1.54) is 126 Å². The fourth-order valence-electron chi connectivity index (χ4n) is 4.48. The molecule has 0 unspecified atom stereocenters. The van der Waals surface area contributed by atoms with E-state index in [9.17, 15) is 9.90 Å². The SMILES string of the molecule is C.CCCCCCCCCCCCCCCCCCc1ccc(OC(=O)c2ccc(O)cc2)c(N)c1. The average molecular weight is 498 g/mol. The molecule has 0 atom stereocenters. The predicted octanol–water partition coefficient (Wildman–Crippen LogP) is 9.63. The van der Waals surface area contributed by atoms with Gasteiger partial charge in [-0.3, -0.25) is 0 Å². The van der Waals surface area contributed by atoms with E-state index in [4.69, 9.17) is 10.5 Å². The second kappa shape index (κ2) is 19.7. The number of esters is 1. The number of phenols is 1. The van der Waals surface area contributed by atoms with Gasteiger partial charge in [-0.15, -0.1) is 0 Å². The minimum Gasteiger partial charge on any atom is -0.508 e. The van der Waals surface area contributed by atoms with Crippen LogP contribution in [0.2, 0.25) is 0 Å². The molecule has 0 spiro atoms. The van der Waals surface area contributed by atoms with Crippen LogP contribution in [0.1, 0.15) is 133 Å². The van der Waals surface area contributed by atoms with Gasteiger partial charge in [-0.2, -0.15) is 0 Å². The van der Waals surface area contributed by atoms with Gasteiger partial charge in [0.15, 0.2) is 5.75 Å². The maximum absolute atomic E-state index is 12.2. The summed E-state index contributed by atoms with van der Waals surface area (Å²) in [5.41, 5.74) is 8.15. The lowest BCUT2D eigenvalue weighted by molar-refractivity contribution is 0.0736. The number of carbonyl (C=O) groups excluding carboxylic acids is 1. The molecule has 4 heteroatoms. The van der Waals surface area contributed by atoms with Crippen molar-refractivity contribution in [1.29, 1.82) is 0 Å². The van der Waals surface area contributed by atoms with Crippen molar-refractivity contribution in [3.8, 4) is 11.5 Å². The fraction of sp³-hybridized carbons (Fsp3) is 0.594. The molecule has 0 aliphatic heterocycles. The summed E-state index contributed by atoms with van der Waals surface area (Å²) in [7, 11) is 0. The summed E-state index contributed by atoms with van der Waals surface area (Å²) in [5, 5.41) is 9.34. The Hall–Kier alpha value is -2.49. The lowest BCUT2D eigenvalue weighted by Crippen LogP contribution is -2.09. The Morgan fingerprint density at radius 2 is 1.19 bits per heavy atom. The molecular formula is C32H51NO3. The molecule has 2 aromatic rings. The number of ether oxygens (including phenoxy) is 1. The Morgan fingerprint density at radius 3 is 1.67 bits per heavy atom. The van der Waals surface area contributed by atoms with E-state index < -0.39 is 5.97 Å². The number of aryl methyl sites for hydroxylation is 1. The van der Waals surface area contributed by atoms with E-state index in [0.29, 0.717) is 17.0 Å². The highest BCUT2D eigenvalue weighted by Crippen LogP contribution is 2.25. The standard InChI is InChI=1S/C31H47NO3.CH4/c1-2-3-4-5-6-7-8-9-10-11-12-13-14-15-16-17-18-26-19-24-30(29(32)25-26)35-31(34)27-20-22-28(33)23-21-27;/h19-25,33H,2-18,32H2,1H3;1H4. The highest BCUT2D eigenvalue weighted by Gasteiger charge is 2.11. The van der Waals surface area contributed by atoms with Crippen LogP contribution in [-0.2, 0) is 6.42 Å². The van der Waals surface area contributed by atoms with Crippen LogP contribution in [0.5, 0.6) is 11.5 Å². The molecule has 0 radical (unpaired) electrons. The van der Waals surface area contributed by atoms with Crippen LogP contribution >= 0.6 is 0 Å². The molecular weight excluding hydrogens is 446 g/mol. The van der Waals surface area contributed by atoms with Crippen molar-refractivity contribution in [2.24, 2.45) is 0 Å². The maximum atomic E-state index is 12.2. The summed E-state index contributed by atoms with van der Waals surface area (Å²) in [6.07, 6.45) is 22.9. The van der Waals surface area contributed by atoms with Gasteiger partial charge in [0, 0.05) is 0 Å². The molecule has 0 aliphatic carbocycles. The van der Waals surface area contributed by atoms with Crippen molar-refractivity contribution in [2.45, 2.75) is 124 Å². The molecule has 0 aromatic heterocycles. The van der Waals surface area contributed by atoms with Crippen LogP contribution in [0, 0.1) is 0 Å². The van der Waals surface area contributed by atoms with Crippen LogP contribution in [0.25, 0.3) is 0 Å². The average Bonchev–Trinajstić information content (AvgIpc) is 2.85. The molecule has 202 valence electrons. The molecule has 0 aliphatic rings. The Balaban J connectivity index is 0.00000648. The Kier molecular flexibility index (Phi) is 17.2. The normalized spacial score (nSPS) is 10.7. The number of benzene rings is 2. The predicted molar refractivity (Wildman–Crippen MR) is 154 cm³/mol. The largest absolute Gasteiger partial charge is 0.508 e. The number of nitrogens with two attached hydrogens (primary N) is 1. The number of hydrogen-bond donors (Lipinski definition) is 2. The molecule has 0 bridgehead atoms. The number of phenolic OH excluding ortho intramolecular Hbond substituents is 1. The lowest BCUT2D eigenvalue weighted by atomic mass is 10.0. The van der Waals surface area contributed by atoms with Gasteiger partial charge in [0.1, 0.15) is 5.75 Å². The van der Waals surface area contributed by atoms with Gasteiger partial charge >= 0.3 is 5.97 Å². The van der Waals surface area contributed by atoms with Crippen molar-refractivity contribution in [2.75, 3.05) is 5.73 Å². The van der Waals surface area contributed by atoms with Gasteiger partial charge in [-0.25, -0.2) is 4.79 Å². The number of hydrogen-bond acceptors (Lipinski definition) is 4. The van der Waals surface area contributed by atoms with E-state index in [1.54, 1.807) is 6.07 Å². The van der Waals surface area contributed by atoms with E-state index in [0.717, 1.165) is 12.8 Å². The van der Waals surface area contributed by atoms with Gasteiger partial charge in [0.25, 0.3) is 0 Å². The third-order valence-corrected chi connectivity index (χ3v) is 6.70. The second-order valence-electron chi connectivity index (χ2n) is 9.86. The first-order chi connectivity index (χ1) is 17.1. The fourth-order valence-corrected chi connectivity index (χ4v) is 4.48. The van der Waals surface area contributed by atoms with Gasteiger partial charge in [-0.1, -0.05) is 117 Å². The second-order valence-corrected chi connectivity index (χ2v) is 9.86.